The fourth-order valence-corrected chi connectivity index (χ4v) is 10.8. The number of esters is 6. The average Bonchev–Trinajstić information content (AvgIpc) is 1.65. The van der Waals surface area contributed by atoms with Gasteiger partial charge in [0, 0.05) is 22.8 Å². The third-order valence-corrected chi connectivity index (χ3v) is 19.0. The van der Waals surface area contributed by atoms with Gasteiger partial charge < -0.3 is 61.0 Å². The van der Waals surface area contributed by atoms with Crippen molar-refractivity contribution in [2.24, 2.45) is 51.1 Å². The summed E-state index contributed by atoms with van der Waals surface area (Å²) in [6.07, 6.45) is 12.8. The van der Waals surface area contributed by atoms with Crippen LogP contribution in [0, 0.1) is 57.2 Å². The number of ether oxygens (including phenoxy) is 6. The molecule has 0 spiro atoms. The number of hydrogen-bond acceptors (Lipinski definition) is 17. The summed E-state index contributed by atoms with van der Waals surface area (Å²) in [7, 11) is 8.36. The van der Waals surface area contributed by atoms with E-state index in [1.54, 1.807) is 17.9 Å². The standard InChI is InChI=1S/C21H33NO4.C20H29NO3.C11H15NO2.C11H20O2.C10H18O3.CN.B.Na.H2/c1-6-16(2)21(3,20(24)26-5)14-15-22-18(19(23)25-4)13-12-17-10-8-7-9-11-17;1-5-15(2)20(3)13-14-21(19(20)23)17(18(22)24-4)12-11-16-9-7-6-8-10-16;1-14-11(13)10(12)8-7-9-5-3-2-4-6-9;1-6-8-11(4,9(3)7-2)10(12)13-5;1-5-8(2)10(3,6-7-11)9(12)13-4;1-2;;;/h7-11,16,18,22H,6,12-15H2,1-5H3;6-10,15,17H,5,11-14H2,1-4H3;2-6,10H,7-8,12H2,1H3;6,9H,1,7-8H2,2-5H3;7-8H,5-6H2,1-4H3;;;;1H/q;;;;;-1;;+1;/t16-,18+,21-;15?,17-,20+;10-;9-,11-;8-,10-;;;;/m10011..../s1/i;;;;;;;;1+1. The molecule has 0 bridgehead atoms. The minimum Gasteiger partial charge on any atom is -0.512 e. The Morgan fingerprint density at radius 1 is 0.617 bits per heavy atom. The van der Waals surface area contributed by atoms with Gasteiger partial charge in [0.25, 0.3) is 0 Å². The number of aldehydes is 1. The van der Waals surface area contributed by atoms with Gasteiger partial charge in [0.15, 0.2) is 0 Å². The molecule has 94 heavy (non-hydrogen) atoms. The fraction of sp³-hybridized carbons (Fsp3) is 0.608. The molecule has 1 aliphatic heterocycles. The van der Waals surface area contributed by atoms with Gasteiger partial charge in [-0.1, -0.05) is 185 Å². The van der Waals surface area contributed by atoms with Crippen LogP contribution in [0.3, 0.4) is 0 Å². The molecule has 0 aliphatic carbocycles. The summed E-state index contributed by atoms with van der Waals surface area (Å²) >= 11 is 0. The van der Waals surface area contributed by atoms with E-state index in [9.17, 15) is 38.4 Å². The molecule has 4 rings (SSSR count). The van der Waals surface area contributed by atoms with Crippen molar-refractivity contribution in [3.05, 3.63) is 127 Å². The van der Waals surface area contributed by atoms with E-state index in [0.717, 1.165) is 57.7 Å². The van der Waals surface area contributed by atoms with Gasteiger partial charge in [-0.15, -0.1) is 6.58 Å². The van der Waals surface area contributed by atoms with Gasteiger partial charge >= 0.3 is 65.4 Å². The molecule has 1 fully saturated rings. The molecule has 1 unspecified atom stereocenters. The summed E-state index contributed by atoms with van der Waals surface area (Å²) in [5.74, 6) is -0.496. The molecular formula is C74H117BN4NaO14. The van der Waals surface area contributed by atoms with Crippen molar-refractivity contribution in [1.29, 1.82) is 5.26 Å². The van der Waals surface area contributed by atoms with E-state index in [1.165, 1.54) is 59.3 Å². The summed E-state index contributed by atoms with van der Waals surface area (Å²) in [5.41, 5.74) is 7.13. The normalized spacial score (nSPS) is 16.8. The van der Waals surface area contributed by atoms with E-state index in [2.05, 4.69) is 58.2 Å². The number of carbonyl (C=O) groups excluding carboxylic acids is 8. The Labute approximate surface area is 591 Å². The quantitative estimate of drug-likeness (QED) is 0.0147. The maximum Gasteiger partial charge on any atom is 1.00 e. The predicted octanol–water partition coefficient (Wildman–Crippen LogP) is 9.49. The first-order valence-electron chi connectivity index (χ1n) is 32.3. The summed E-state index contributed by atoms with van der Waals surface area (Å²) < 4.78 is 29.0. The Morgan fingerprint density at radius 2 is 0.989 bits per heavy atom. The van der Waals surface area contributed by atoms with Crippen LogP contribution in [0.1, 0.15) is 172 Å². The average molecular weight is 1320 g/mol. The number of nitrogens with one attached hydrogen (secondary N) is 1. The topological polar surface area (TPSA) is 257 Å². The van der Waals surface area contributed by atoms with E-state index in [-0.39, 0.29) is 111 Å². The fourth-order valence-electron chi connectivity index (χ4n) is 10.8. The van der Waals surface area contributed by atoms with Gasteiger partial charge in [-0.05, 0) is 125 Å². The van der Waals surface area contributed by atoms with Crippen LogP contribution in [-0.2, 0) is 86.0 Å². The molecule has 0 saturated carbocycles. The van der Waals surface area contributed by atoms with Crippen molar-refractivity contribution < 1.29 is 97.8 Å². The number of carbonyl (C=O) groups is 8. The number of hydrogen-bond donors (Lipinski definition) is 2. The number of aryl methyl sites for hydroxylation is 3. The van der Waals surface area contributed by atoms with E-state index in [1.807, 2.05) is 126 Å². The van der Waals surface area contributed by atoms with Crippen LogP contribution in [0.5, 0.6) is 0 Å². The molecule has 1 amide bonds. The van der Waals surface area contributed by atoms with E-state index < -0.39 is 28.3 Å². The smallest absolute Gasteiger partial charge is 0.512 e. The van der Waals surface area contributed by atoms with Crippen molar-refractivity contribution in [1.82, 2.24) is 10.2 Å². The minimum atomic E-state index is -0.661. The second kappa shape index (κ2) is 51.2. The largest absolute Gasteiger partial charge is 1.00 e. The zero-order chi connectivity index (χ0) is 70.7. The van der Waals surface area contributed by atoms with Gasteiger partial charge in [-0.2, -0.15) is 0 Å². The Hall–Kier alpha value is -6.17. The molecule has 11 atom stereocenters. The minimum absolute atomic E-state index is 0. The SMILES string of the molecule is C=CC[C@@](C)(C(=O)OC)[C@H](C)CC.CCC(C)[C@@]1(C)CCN([C@@H](CCc2ccccc2)C(=O)OC)C1=O.CC[C@@H](C)[C@@](C)(CC=O)C(=O)OC.CC[C@@H](C)[C@@](C)(CCN[C@@H](CCc1ccccc1)C(=O)OC)C(=O)OC.COC(=O)[C@@H](N)CCc1ccccc1.[2HH].[B].[C-]#N.[Na+]. The summed E-state index contributed by atoms with van der Waals surface area (Å²) in [5, 5.41) is 9.52. The maximum atomic E-state index is 13.0. The number of amides is 1. The van der Waals surface area contributed by atoms with Crippen molar-refractivity contribution in [3.63, 3.8) is 0 Å². The molecule has 20 heteroatoms. The molecule has 3 N–H and O–H groups in total. The van der Waals surface area contributed by atoms with Gasteiger partial charge in [-0.25, -0.2) is 4.79 Å². The molecular weight excluding hydrogens is 1200 g/mol. The third-order valence-electron chi connectivity index (χ3n) is 19.0. The van der Waals surface area contributed by atoms with E-state index in [0.29, 0.717) is 57.0 Å². The Balaban J connectivity index is -0.000000362. The molecule has 1 aliphatic rings. The van der Waals surface area contributed by atoms with Crippen LogP contribution >= 0.6 is 0 Å². The van der Waals surface area contributed by atoms with Gasteiger partial charge in [0.05, 0.1) is 64.3 Å². The van der Waals surface area contributed by atoms with Crippen LogP contribution in [0.2, 0.25) is 0 Å². The number of rotatable bonds is 32. The molecule has 521 valence electrons. The zero-order valence-corrected chi connectivity index (χ0v) is 62.6. The van der Waals surface area contributed by atoms with Crippen molar-refractivity contribution >= 4 is 56.4 Å². The Kier molecular flexibility index (Phi) is 51.3. The first kappa shape index (κ1) is 94.2. The predicted molar refractivity (Wildman–Crippen MR) is 369 cm³/mol. The van der Waals surface area contributed by atoms with Crippen LogP contribution in [0.25, 0.3) is 0 Å². The number of nitrogens with zero attached hydrogens (tertiary/aromatic N) is 2. The summed E-state index contributed by atoms with van der Waals surface area (Å²) in [6, 6.07) is 28.6. The van der Waals surface area contributed by atoms with Gasteiger partial charge in [-0.3, -0.25) is 28.8 Å². The van der Waals surface area contributed by atoms with Gasteiger partial charge in [0.2, 0.25) is 5.91 Å². The number of nitrogens with two attached hydrogens (primary N) is 1. The molecule has 3 radical (unpaired) electrons. The molecule has 1 heterocycles. The number of methoxy groups -OCH3 is 6. The second-order valence-corrected chi connectivity index (χ2v) is 24.5. The molecule has 3 aromatic rings. The van der Waals surface area contributed by atoms with Gasteiger partial charge in [0.1, 0.15) is 24.4 Å². The molecule has 0 aromatic heterocycles. The summed E-state index contributed by atoms with van der Waals surface area (Å²) in [4.78, 5) is 95.9. The first-order chi connectivity index (χ1) is 43.6. The van der Waals surface area contributed by atoms with Crippen LogP contribution < -0.4 is 40.6 Å². The Morgan fingerprint density at radius 3 is 1.35 bits per heavy atom. The number of likely N-dealkylation sites (tertiary alicyclic amines) is 1. The summed E-state index contributed by atoms with van der Waals surface area (Å²) in [6.45, 7) is 33.8. The van der Waals surface area contributed by atoms with Crippen molar-refractivity contribution in [3.8, 4) is 0 Å². The third kappa shape index (κ3) is 30.7. The second-order valence-electron chi connectivity index (χ2n) is 24.5. The zero-order valence-electron chi connectivity index (χ0n) is 60.6. The molecule has 1 saturated heterocycles. The van der Waals surface area contributed by atoms with Crippen LogP contribution in [0.15, 0.2) is 104 Å². The first-order valence-corrected chi connectivity index (χ1v) is 32.3. The molecule has 18 nitrogen and oxygen atoms in total. The van der Waals surface area contributed by atoms with E-state index in [4.69, 9.17) is 41.3 Å². The van der Waals surface area contributed by atoms with Crippen molar-refractivity contribution in [2.45, 2.75) is 191 Å². The Bertz CT molecular complexity index is 2600. The van der Waals surface area contributed by atoms with Crippen molar-refractivity contribution in [2.75, 3.05) is 55.7 Å². The van der Waals surface area contributed by atoms with Crippen LogP contribution in [0.4, 0.5) is 0 Å². The number of allylic oxidation sites excluding steroid dienone is 1. The maximum absolute atomic E-state index is 13.0. The monoisotopic (exact) mass is 1320 g/mol. The molecule has 3 aromatic carbocycles. The van der Waals surface area contributed by atoms with E-state index >= 15 is 0 Å². The number of benzene rings is 3. The van der Waals surface area contributed by atoms with Crippen LogP contribution in [-0.4, -0.2) is 135 Å².